The number of anilines is 2. The van der Waals surface area contributed by atoms with Crippen molar-refractivity contribution in [3.05, 3.63) is 30.0 Å². The van der Waals surface area contributed by atoms with Crippen molar-refractivity contribution < 1.29 is 8.42 Å². The molecule has 1 saturated heterocycles. The van der Waals surface area contributed by atoms with E-state index in [1.807, 2.05) is 19.9 Å². The molecule has 3 heterocycles. The van der Waals surface area contributed by atoms with E-state index < -0.39 is 10.0 Å². The lowest BCUT2D eigenvalue weighted by Crippen LogP contribution is -2.49. The summed E-state index contributed by atoms with van der Waals surface area (Å²) in [6.45, 7) is 6.56. The molecule has 2 aromatic heterocycles. The first-order chi connectivity index (χ1) is 13.5. The molecule has 11 heteroatoms. The van der Waals surface area contributed by atoms with Crippen molar-refractivity contribution in [3.8, 4) is 0 Å². The van der Waals surface area contributed by atoms with Crippen LogP contribution in [0, 0.1) is 6.92 Å². The molecule has 0 spiro atoms. The number of nitrogens with zero attached hydrogens (tertiary/aromatic N) is 6. The number of aromatic nitrogens is 4. The van der Waals surface area contributed by atoms with E-state index in [1.165, 1.54) is 4.31 Å². The molecule has 0 bridgehead atoms. The molecular formula is C17H21N7O2S2. The molecule has 0 unspecified atom stereocenters. The zero-order valence-corrected chi connectivity index (χ0v) is 17.3. The molecule has 0 aliphatic carbocycles. The molecule has 1 aliphatic heterocycles. The van der Waals surface area contributed by atoms with Crippen LogP contribution < -0.4 is 10.2 Å². The number of piperazine rings is 1. The van der Waals surface area contributed by atoms with Crippen LogP contribution in [-0.2, 0) is 10.0 Å². The smallest absolute Gasteiger partial charge is 0.245 e. The number of hydrogen-bond acceptors (Lipinski definition) is 9. The SMILES string of the molecule is CCNc1nc(C)cc(N2CCN(S(=O)(=O)c3cccc4nsnc34)CC2)n1. The maximum absolute atomic E-state index is 13.1. The fourth-order valence-electron chi connectivity index (χ4n) is 3.24. The van der Waals surface area contributed by atoms with E-state index >= 15 is 0 Å². The van der Waals surface area contributed by atoms with Gasteiger partial charge in [0.05, 0.1) is 11.7 Å². The summed E-state index contributed by atoms with van der Waals surface area (Å²) in [6, 6.07) is 7.00. The Morgan fingerprint density at radius 2 is 1.93 bits per heavy atom. The van der Waals surface area contributed by atoms with Crippen LogP contribution in [0.25, 0.3) is 11.0 Å². The number of nitrogens with one attached hydrogen (secondary N) is 1. The molecule has 28 heavy (non-hydrogen) atoms. The van der Waals surface area contributed by atoms with Crippen LogP contribution in [0.1, 0.15) is 12.6 Å². The average Bonchev–Trinajstić information content (AvgIpc) is 3.16. The van der Waals surface area contributed by atoms with Crippen molar-refractivity contribution in [2.24, 2.45) is 0 Å². The van der Waals surface area contributed by atoms with E-state index in [9.17, 15) is 8.42 Å². The van der Waals surface area contributed by atoms with Gasteiger partial charge in [0.15, 0.2) is 0 Å². The van der Waals surface area contributed by atoms with Gasteiger partial charge in [-0.2, -0.15) is 18.0 Å². The Kier molecular flexibility index (Phi) is 5.13. The van der Waals surface area contributed by atoms with Gasteiger partial charge in [-0.3, -0.25) is 0 Å². The second-order valence-electron chi connectivity index (χ2n) is 6.50. The highest BCUT2D eigenvalue weighted by atomic mass is 32.2. The fourth-order valence-corrected chi connectivity index (χ4v) is 5.41. The molecule has 148 valence electrons. The third-order valence-electron chi connectivity index (χ3n) is 4.61. The summed E-state index contributed by atoms with van der Waals surface area (Å²) >= 11 is 1.02. The maximum Gasteiger partial charge on any atom is 0.245 e. The summed E-state index contributed by atoms with van der Waals surface area (Å²) in [5, 5.41) is 3.13. The van der Waals surface area contributed by atoms with Gasteiger partial charge in [-0.25, -0.2) is 13.4 Å². The monoisotopic (exact) mass is 419 g/mol. The Hall–Kier alpha value is -2.37. The van der Waals surface area contributed by atoms with Crippen molar-refractivity contribution in [1.29, 1.82) is 0 Å². The Labute approximate surface area is 167 Å². The summed E-state index contributed by atoms with van der Waals surface area (Å²) < 4.78 is 36.1. The zero-order chi connectivity index (χ0) is 19.7. The van der Waals surface area contributed by atoms with E-state index in [0.29, 0.717) is 43.2 Å². The molecule has 1 aromatic carbocycles. The highest BCUT2D eigenvalue weighted by Gasteiger charge is 2.31. The third kappa shape index (κ3) is 3.52. The summed E-state index contributed by atoms with van der Waals surface area (Å²) in [4.78, 5) is 11.2. The van der Waals surface area contributed by atoms with Crippen LogP contribution >= 0.6 is 11.7 Å². The van der Waals surface area contributed by atoms with Gasteiger partial charge in [-0.15, -0.1) is 0 Å². The standard InChI is InChI=1S/C17H21N7O2S2/c1-3-18-17-19-12(2)11-15(20-17)23-7-9-24(10-8-23)28(25,26)14-6-4-5-13-16(14)22-27-21-13/h4-6,11H,3,7-10H2,1-2H3,(H,18,19,20). The van der Waals surface area contributed by atoms with Gasteiger partial charge < -0.3 is 10.2 Å². The van der Waals surface area contributed by atoms with Crippen molar-refractivity contribution in [2.75, 3.05) is 42.9 Å². The highest BCUT2D eigenvalue weighted by molar-refractivity contribution is 7.89. The number of benzene rings is 1. The molecule has 3 aromatic rings. The molecule has 1 N–H and O–H groups in total. The quantitative estimate of drug-likeness (QED) is 0.667. The Morgan fingerprint density at radius 3 is 2.68 bits per heavy atom. The van der Waals surface area contributed by atoms with Gasteiger partial charge >= 0.3 is 0 Å². The minimum Gasteiger partial charge on any atom is -0.354 e. The van der Waals surface area contributed by atoms with Crippen LogP contribution in [-0.4, -0.2) is 64.2 Å². The van der Waals surface area contributed by atoms with E-state index in [2.05, 4.69) is 28.9 Å². The normalized spacial score (nSPS) is 15.9. The highest BCUT2D eigenvalue weighted by Crippen LogP contribution is 2.26. The summed E-state index contributed by atoms with van der Waals surface area (Å²) in [7, 11) is -3.62. The van der Waals surface area contributed by atoms with E-state index in [0.717, 1.165) is 29.8 Å². The number of hydrogen-bond donors (Lipinski definition) is 1. The summed E-state index contributed by atoms with van der Waals surface area (Å²) in [5.74, 6) is 1.40. The van der Waals surface area contributed by atoms with Gasteiger partial charge in [0.25, 0.3) is 0 Å². The van der Waals surface area contributed by atoms with Crippen LogP contribution in [0.3, 0.4) is 0 Å². The van der Waals surface area contributed by atoms with Crippen molar-refractivity contribution >= 4 is 44.6 Å². The van der Waals surface area contributed by atoms with Crippen LogP contribution in [0.5, 0.6) is 0 Å². The molecule has 0 radical (unpaired) electrons. The molecule has 4 rings (SSSR count). The van der Waals surface area contributed by atoms with Gasteiger partial charge in [-0.1, -0.05) is 6.07 Å². The third-order valence-corrected chi connectivity index (χ3v) is 7.08. The first-order valence-electron chi connectivity index (χ1n) is 9.05. The largest absolute Gasteiger partial charge is 0.354 e. The molecule has 0 atom stereocenters. The first kappa shape index (κ1) is 19.0. The minimum atomic E-state index is -3.62. The lowest BCUT2D eigenvalue weighted by atomic mass is 10.3. The zero-order valence-electron chi connectivity index (χ0n) is 15.7. The van der Waals surface area contributed by atoms with Gasteiger partial charge in [0.1, 0.15) is 21.7 Å². The molecule has 0 amide bonds. The van der Waals surface area contributed by atoms with Crippen LogP contribution in [0.4, 0.5) is 11.8 Å². The molecule has 0 saturated carbocycles. The number of aryl methyl sites for hydroxylation is 1. The van der Waals surface area contributed by atoms with Crippen molar-refractivity contribution in [1.82, 2.24) is 23.0 Å². The van der Waals surface area contributed by atoms with Crippen molar-refractivity contribution in [2.45, 2.75) is 18.7 Å². The average molecular weight is 420 g/mol. The maximum atomic E-state index is 13.1. The number of sulfonamides is 1. The van der Waals surface area contributed by atoms with Gasteiger partial charge in [0.2, 0.25) is 16.0 Å². The topological polar surface area (TPSA) is 104 Å². The Bertz CT molecular complexity index is 1090. The second-order valence-corrected chi connectivity index (χ2v) is 8.94. The predicted octanol–water partition coefficient (Wildman–Crippen LogP) is 1.73. The minimum absolute atomic E-state index is 0.222. The summed E-state index contributed by atoms with van der Waals surface area (Å²) in [5.41, 5.74) is 1.92. The van der Waals surface area contributed by atoms with Crippen LogP contribution in [0.15, 0.2) is 29.2 Å². The van der Waals surface area contributed by atoms with E-state index in [-0.39, 0.29) is 4.90 Å². The Balaban J connectivity index is 1.53. The predicted molar refractivity (Wildman–Crippen MR) is 109 cm³/mol. The second kappa shape index (κ2) is 7.57. The lowest BCUT2D eigenvalue weighted by Gasteiger charge is -2.34. The van der Waals surface area contributed by atoms with E-state index in [4.69, 9.17) is 0 Å². The van der Waals surface area contributed by atoms with Gasteiger partial charge in [-0.05, 0) is 26.0 Å². The Morgan fingerprint density at radius 1 is 1.14 bits per heavy atom. The number of fused-ring (bicyclic) bond motifs is 1. The molecular weight excluding hydrogens is 398 g/mol. The molecule has 9 nitrogen and oxygen atoms in total. The first-order valence-corrected chi connectivity index (χ1v) is 11.2. The van der Waals surface area contributed by atoms with E-state index in [1.54, 1.807) is 18.2 Å². The number of rotatable bonds is 5. The lowest BCUT2D eigenvalue weighted by molar-refractivity contribution is 0.384. The van der Waals surface area contributed by atoms with Crippen molar-refractivity contribution in [3.63, 3.8) is 0 Å². The molecule has 1 fully saturated rings. The fraction of sp³-hybridized carbons (Fsp3) is 0.412. The molecule has 1 aliphatic rings. The van der Waals surface area contributed by atoms with Crippen LogP contribution in [0.2, 0.25) is 0 Å². The summed E-state index contributed by atoms with van der Waals surface area (Å²) in [6.07, 6.45) is 0. The van der Waals surface area contributed by atoms with Gasteiger partial charge in [0, 0.05) is 44.5 Å².